The first-order valence-corrected chi connectivity index (χ1v) is 12.3. The SMILES string of the molecule is CC(C)C(C)NC(=O)C1CCN(C(=O)CC(NC(=O)c2ccccc2Cl)c2ccccc2)CC1. The van der Waals surface area contributed by atoms with Crippen molar-refractivity contribution in [1.29, 1.82) is 0 Å². The van der Waals surface area contributed by atoms with Crippen molar-refractivity contribution in [2.45, 2.75) is 52.1 Å². The lowest BCUT2D eigenvalue weighted by Gasteiger charge is -2.33. The Hall–Kier alpha value is -2.86. The fraction of sp³-hybridized carbons (Fsp3) is 0.444. The van der Waals surface area contributed by atoms with Gasteiger partial charge in [-0.3, -0.25) is 14.4 Å². The van der Waals surface area contributed by atoms with Gasteiger partial charge in [-0.2, -0.15) is 0 Å². The molecule has 2 aromatic carbocycles. The summed E-state index contributed by atoms with van der Waals surface area (Å²) in [5, 5.41) is 6.44. The molecule has 1 saturated heterocycles. The predicted octanol–water partition coefficient (Wildman–Crippen LogP) is 4.60. The molecular formula is C27H34ClN3O3. The highest BCUT2D eigenvalue weighted by Crippen LogP contribution is 2.24. The number of nitrogens with one attached hydrogen (secondary N) is 2. The first-order valence-electron chi connectivity index (χ1n) is 11.9. The molecule has 3 amide bonds. The van der Waals surface area contributed by atoms with E-state index in [0.29, 0.717) is 42.4 Å². The van der Waals surface area contributed by atoms with Crippen LogP contribution < -0.4 is 10.6 Å². The molecule has 1 heterocycles. The van der Waals surface area contributed by atoms with Crippen molar-refractivity contribution in [2.75, 3.05) is 13.1 Å². The number of benzene rings is 2. The topological polar surface area (TPSA) is 78.5 Å². The van der Waals surface area contributed by atoms with Crippen LogP contribution in [0.5, 0.6) is 0 Å². The van der Waals surface area contributed by atoms with Gasteiger partial charge in [0.25, 0.3) is 5.91 Å². The highest BCUT2D eigenvalue weighted by molar-refractivity contribution is 6.33. The molecule has 3 rings (SSSR count). The average molecular weight is 484 g/mol. The Kier molecular flexibility index (Phi) is 9.11. The van der Waals surface area contributed by atoms with E-state index in [1.165, 1.54) is 0 Å². The third kappa shape index (κ3) is 6.83. The van der Waals surface area contributed by atoms with Crippen molar-refractivity contribution >= 4 is 29.3 Å². The lowest BCUT2D eigenvalue weighted by molar-refractivity contribution is -0.136. The Morgan fingerprint density at radius 2 is 1.56 bits per heavy atom. The second kappa shape index (κ2) is 12.0. The molecule has 0 aliphatic carbocycles. The molecule has 182 valence electrons. The molecule has 0 bridgehead atoms. The molecule has 1 fully saturated rings. The van der Waals surface area contributed by atoms with Crippen molar-refractivity contribution in [3.05, 3.63) is 70.7 Å². The van der Waals surface area contributed by atoms with Crippen molar-refractivity contribution in [1.82, 2.24) is 15.5 Å². The maximum atomic E-state index is 13.2. The maximum Gasteiger partial charge on any atom is 0.253 e. The molecule has 0 saturated carbocycles. The van der Waals surface area contributed by atoms with Crippen molar-refractivity contribution < 1.29 is 14.4 Å². The number of amides is 3. The highest BCUT2D eigenvalue weighted by Gasteiger charge is 2.30. The van der Waals surface area contributed by atoms with Crippen LogP contribution in [0.15, 0.2) is 54.6 Å². The molecular weight excluding hydrogens is 450 g/mol. The number of likely N-dealkylation sites (tertiary alicyclic amines) is 1. The summed E-state index contributed by atoms with van der Waals surface area (Å²) in [5.41, 5.74) is 1.23. The van der Waals surface area contributed by atoms with Gasteiger partial charge in [-0.1, -0.05) is 67.9 Å². The minimum Gasteiger partial charge on any atom is -0.353 e. The third-order valence-electron chi connectivity index (χ3n) is 6.59. The number of rotatable bonds is 8. The summed E-state index contributed by atoms with van der Waals surface area (Å²) in [6.45, 7) is 7.25. The molecule has 2 N–H and O–H groups in total. The number of carbonyl (C=O) groups excluding carboxylic acids is 3. The Balaban J connectivity index is 1.62. The van der Waals surface area contributed by atoms with E-state index >= 15 is 0 Å². The van der Waals surface area contributed by atoms with Gasteiger partial charge in [0.2, 0.25) is 11.8 Å². The summed E-state index contributed by atoms with van der Waals surface area (Å²) in [4.78, 5) is 40.4. The summed E-state index contributed by atoms with van der Waals surface area (Å²) < 4.78 is 0. The van der Waals surface area contributed by atoms with E-state index in [1.807, 2.05) is 37.3 Å². The Labute approximate surface area is 207 Å². The zero-order valence-electron chi connectivity index (χ0n) is 20.1. The standard InChI is InChI=1S/C27H34ClN3O3/c1-18(2)19(3)29-26(33)21-13-15-31(16-14-21)25(32)17-24(20-9-5-4-6-10-20)30-27(34)22-11-7-8-12-23(22)28/h4-12,18-19,21,24H,13-17H2,1-3H3,(H,29,33)(H,30,34). The summed E-state index contributed by atoms with van der Waals surface area (Å²) in [6, 6.07) is 16.0. The van der Waals surface area contributed by atoms with Crippen LogP contribution in [-0.2, 0) is 9.59 Å². The van der Waals surface area contributed by atoms with Crippen LogP contribution in [0.1, 0.15) is 62.0 Å². The zero-order valence-corrected chi connectivity index (χ0v) is 20.8. The summed E-state index contributed by atoms with van der Waals surface area (Å²) >= 11 is 6.20. The molecule has 0 aromatic heterocycles. The van der Waals surface area contributed by atoms with Crippen LogP contribution in [0.2, 0.25) is 5.02 Å². The van der Waals surface area contributed by atoms with Crippen molar-refractivity contribution in [2.24, 2.45) is 11.8 Å². The van der Waals surface area contributed by atoms with Gasteiger partial charge in [-0.25, -0.2) is 0 Å². The van der Waals surface area contributed by atoms with Crippen LogP contribution >= 0.6 is 11.6 Å². The van der Waals surface area contributed by atoms with Crippen molar-refractivity contribution in [3.63, 3.8) is 0 Å². The number of halogens is 1. The van der Waals surface area contributed by atoms with Gasteiger partial charge < -0.3 is 15.5 Å². The van der Waals surface area contributed by atoms with E-state index in [4.69, 9.17) is 11.6 Å². The normalized spacial score (nSPS) is 16.1. The molecule has 0 spiro atoms. The molecule has 34 heavy (non-hydrogen) atoms. The Morgan fingerprint density at radius 1 is 0.941 bits per heavy atom. The Morgan fingerprint density at radius 3 is 2.18 bits per heavy atom. The monoisotopic (exact) mass is 483 g/mol. The molecule has 1 aliphatic heterocycles. The predicted molar refractivity (Wildman–Crippen MR) is 134 cm³/mol. The molecule has 2 unspecified atom stereocenters. The Bertz CT molecular complexity index is 988. The van der Waals surface area contributed by atoms with E-state index in [-0.39, 0.29) is 36.1 Å². The van der Waals surface area contributed by atoms with Crippen LogP contribution in [0.25, 0.3) is 0 Å². The number of hydrogen-bond donors (Lipinski definition) is 2. The number of carbonyl (C=O) groups is 3. The van der Waals surface area contributed by atoms with Gasteiger partial charge in [0.1, 0.15) is 0 Å². The van der Waals surface area contributed by atoms with Crippen molar-refractivity contribution in [3.8, 4) is 0 Å². The minimum atomic E-state index is -0.481. The van der Waals surface area contributed by atoms with E-state index in [9.17, 15) is 14.4 Å². The molecule has 2 atom stereocenters. The minimum absolute atomic E-state index is 0.0391. The van der Waals surface area contributed by atoms with Crippen LogP contribution in [0.4, 0.5) is 0 Å². The zero-order chi connectivity index (χ0) is 24.7. The van der Waals surface area contributed by atoms with Gasteiger partial charge in [0, 0.05) is 25.0 Å². The van der Waals surface area contributed by atoms with Gasteiger partial charge >= 0.3 is 0 Å². The van der Waals surface area contributed by atoms with Gasteiger partial charge in [0.05, 0.1) is 23.0 Å². The van der Waals surface area contributed by atoms with Crippen LogP contribution in [-0.4, -0.2) is 41.8 Å². The number of hydrogen-bond acceptors (Lipinski definition) is 3. The van der Waals surface area contributed by atoms with E-state index in [1.54, 1.807) is 29.2 Å². The van der Waals surface area contributed by atoms with Gasteiger partial charge in [0.15, 0.2) is 0 Å². The molecule has 6 nitrogen and oxygen atoms in total. The number of piperidine rings is 1. The first kappa shape index (κ1) is 25.8. The second-order valence-electron chi connectivity index (χ2n) is 9.32. The van der Waals surface area contributed by atoms with Crippen LogP contribution in [0, 0.1) is 11.8 Å². The molecule has 0 radical (unpaired) electrons. The smallest absolute Gasteiger partial charge is 0.253 e. The van der Waals surface area contributed by atoms with Gasteiger partial charge in [-0.15, -0.1) is 0 Å². The first-order chi connectivity index (χ1) is 16.3. The fourth-order valence-corrected chi connectivity index (χ4v) is 4.24. The lowest BCUT2D eigenvalue weighted by Crippen LogP contribution is -2.46. The molecule has 7 heteroatoms. The molecule has 1 aliphatic rings. The molecule has 2 aromatic rings. The average Bonchev–Trinajstić information content (AvgIpc) is 2.84. The van der Waals surface area contributed by atoms with Crippen LogP contribution in [0.3, 0.4) is 0 Å². The lowest BCUT2D eigenvalue weighted by atomic mass is 9.94. The van der Waals surface area contributed by atoms with Gasteiger partial charge in [-0.05, 0) is 43.4 Å². The highest BCUT2D eigenvalue weighted by atomic mass is 35.5. The van der Waals surface area contributed by atoms with E-state index in [0.717, 1.165) is 5.56 Å². The summed E-state index contributed by atoms with van der Waals surface area (Å²) in [6.07, 6.45) is 1.43. The number of nitrogens with zero attached hydrogens (tertiary/aromatic N) is 1. The van der Waals surface area contributed by atoms with E-state index < -0.39 is 6.04 Å². The summed E-state index contributed by atoms with van der Waals surface area (Å²) in [7, 11) is 0. The fourth-order valence-electron chi connectivity index (χ4n) is 4.02. The summed E-state index contributed by atoms with van der Waals surface area (Å²) in [5.74, 6) is 0.0173. The quantitative estimate of drug-likeness (QED) is 0.576. The second-order valence-corrected chi connectivity index (χ2v) is 9.72. The third-order valence-corrected chi connectivity index (χ3v) is 6.92. The maximum absolute atomic E-state index is 13.2. The van der Waals surface area contributed by atoms with E-state index in [2.05, 4.69) is 24.5 Å². The largest absolute Gasteiger partial charge is 0.353 e.